The lowest BCUT2D eigenvalue weighted by molar-refractivity contribution is -0.135. The SMILES string of the molecule is COC(=O)/C(C=N)=C(\C)N[C@H]1C[C@](O)(CC[SiH](C)C(C)(C)C)C1. The van der Waals surface area contributed by atoms with Crippen LogP contribution in [0.3, 0.4) is 0 Å². The summed E-state index contributed by atoms with van der Waals surface area (Å²) in [5.74, 6) is -0.510. The van der Waals surface area contributed by atoms with Gasteiger partial charge in [0.05, 0.1) is 18.3 Å². The lowest BCUT2D eigenvalue weighted by atomic mass is 9.74. The van der Waals surface area contributed by atoms with Crippen molar-refractivity contribution in [2.75, 3.05) is 7.11 Å². The van der Waals surface area contributed by atoms with Crippen LogP contribution in [-0.2, 0) is 9.53 Å². The summed E-state index contributed by atoms with van der Waals surface area (Å²) >= 11 is 0. The van der Waals surface area contributed by atoms with Gasteiger partial charge < -0.3 is 20.6 Å². The summed E-state index contributed by atoms with van der Waals surface area (Å²) in [5, 5.41) is 21.5. The number of hydrogen-bond acceptors (Lipinski definition) is 5. The van der Waals surface area contributed by atoms with Crippen LogP contribution in [0.15, 0.2) is 11.3 Å². The van der Waals surface area contributed by atoms with E-state index in [1.807, 2.05) is 0 Å². The number of carbonyl (C=O) groups is 1. The van der Waals surface area contributed by atoms with Gasteiger partial charge in [-0.3, -0.25) is 0 Å². The van der Waals surface area contributed by atoms with E-state index in [1.165, 1.54) is 7.11 Å². The fourth-order valence-electron chi connectivity index (χ4n) is 2.90. The lowest BCUT2D eigenvalue weighted by Crippen LogP contribution is -2.53. The summed E-state index contributed by atoms with van der Waals surface area (Å²) in [5.41, 5.74) is 0.300. The van der Waals surface area contributed by atoms with Crippen LogP contribution in [0.1, 0.15) is 47.0 Å². The number of allylic oxidation sites excluding steroid dienone is 1. The van der Waals surface area contributed by atoms with E-state index in [1.54, 1.807) is 6.92 Å². The molecule has 1 atom stereocenters. The molecule has 0 amide bonds. The molecule has 1 unspecified atom stereocenters. The highest BCUT2D eigenvalue weighted by atomic mass is 28.3. The summed E-state index contributed by atoms with van der Waals surface area (Å²) in [7, 11) is 0.468. The molecule has 3 N–H and O–H groups in total. The van der Waals surface area contributed by atoms with Gasteiger partial charge in [0.2, 0.25) is 0 Å². The Kier molecular flexibility index (Phi) is 6.59. The van der Waals surface area contributed by atoms with Crippen LogP contribution in [0.25, 0.3) is 0 Å². The molecule has 23 heavy (non-hydrogen) atoms. The monoisotopic (exact) mass is 340 g/mol. The molecule has 6 heteroatoms. The molecule has 0 spiro atoms. The van der Waals surface area contributed by atoms with Crippen LogP contribution in [0.5, 0.6) is 0 Å². The van der Waals surface area contributed by atoms with Crippen molar-refractivity contribution >= 4 is 21.0 Å². The third-order valence-corrected chi connectivity index (χ3v) is 9.26. The van der Waals surface area contributed by atoms with Gasteiger partial charge in [-0.1, -0.05) is 33.4 Å². The summed E-state index contributed by atoms with van der Waals surface area (Å²) in [6, 6.07) is 1.31. The number of hydrogen-bond donors (Lipinski definition) is 3. The topological polar surface area (TPSA) is 82.4 Å². The summed E-state index contributed by atoms with van der Waals surface area (Å²) < 4.78 is 4.66. The smallest absolute Gasteiger partial charge is 0.341 e. The number of ether oxygens (including phenoxy) is 1. The van der Waals surface area contributed by atoms with Crippen LogP contribution < -0.4 is 5.32 Å². The average molecular weight is 341 g/mol. The Morgan fingerprint density at radius 2 is 2.04 bits per heavy atom. The molecule has 1 aliphatic rings. The van der Waals surface area contributed by atoms with Crippen molar-refractivity contribution in [3.63, 3.8) is 0 Å². The van der Waals surface area contributed by atoms with Crippen LogP contribution in [0.4, 0.5) is 0 Å². The fraction of sp³-hybridized carbons (Fsp3) is 0.765. The average Bonchev–Trinajstić information content (AvgIpc) is 2.42. The zero-order valence-corrected chi connectivity index (χ0v) is 16.5. The molecule has 0 aliphatic heterocycles. The number of nitrogens with one attached hydrogen (secondary N) is 2. The molecule has 1 rings (SSSR count). The van der Waals surface area contributed by atoms with Gasteiger partial charge >= 0.3 is 5.97 Å². The first-order valence-corrected chi connectivity index (χ1v) is 10.9. The highest BCUT2D eigenvalue weighted by Gasteiger charge is 2.43. The second kappa shape index (κ2) is 7.62. The molecule has 1 aliphatic carbocycles. The number of rotatable bonds is 7. The maximum atomic E-state index is 11.6. The third-order valence-electron chi connectivity index (χ3n) is 5.15. The predicted octanol–water partition coefficient (Wildman–Crippen LogP) is 2.61. The van der Waals surface area contributed by atoms with Crippen LogP contribution in [0.2, 0.25) is 17.6 Å². The van der Waals surface area contributed by atoms with Gasteiger partial charge in [0, 0.05) is 26.8 Å². The Hall–Kier alpha value is -1.14. The number of carbonyl (C=O) groups excluding carboxylic acids is 1. The van der Waals surface area contributed by atoms with E-state index >= 15 is 0 Å². The Bertz CT molecular complexity index is 477. The molecule has 0 radical (unpaired) electrons. The first kappa shape index (κ1) is 19.9. The van der Waals surface area contributed by atoms with Crippen molar-refractivity contribution in [3.05, 3.63) is 11.3 Å². The molecule has 0 bridgehead atoms. The molecule has 0 aromatic carbocycles. The van der Waals surface area contributed by atoms with Gasteiger partial charge in [-0.25, -0.2) is 4.79 Å². The van der Waals surface area contributed by atoms with E-state index in [0.29, 0.717) is 23.6 Å². The van der Waals surface area contributed by atoms with Crippen molar-refractivity contribution in [2.24, 2.45) is 0 Å². The highest BCUT2D eigenvalue weighted by molar-refractivity contribution is 6.60. The van der Waals surface area contributed by atoms with Crippen molar-refractivity contribution in [2.45, 2.75) is 76.2 Å². The molecule has 132 valence electrons. The van der Waals surface area contributed by atoms with E-state index in [9.17, 15) is 9.90 Å². The van der Waals surface area contributed by atoms with Gasteiger partial charge in [-0.05, 0) is 31.2 Å². The zero-order chi connectivity index (χ0) is 17.8. The molecule has 5 nitrogen and oxygen atoms in total. The molecule has 0 aromatic heterocycles. The molecule has 0 saturated heterocycles. The van der Waals surface area contributed by atoms with Crippen molar-refractivity contribution in [3.8, 4) is 0 Å². The highest BCUT2D eigenvalue weighted by Crippen LogP contribution is 2.39. The Morgan fingerprint density at radius 1 is 1.48 bits per heavy atom. The second-order valence-electron chi connectivity index (χ2n) is 7.95. The van der Waals surface area contributed by atoms with Gasteiger partial charge in [0.1, 0.15) is 0 Å². The number of aliphatic hydroxyl groups is 1. The first-order chi connectivity index (χ1) is 10.5. The maximum Gasteiger partial charge on any atom is 0.341 e. The summed E-state index contributed by atoms with van der Waals surface area (Å²) in [6.45, 7) is 11.0. The number of methoxy groups -OCH3 is 1. The first-order valence-electron chi connectivity index (χ1n) is 8.31. The quantitative estimate of drug-likeness (QED) is 0.288. The molecule has 0 aromatic rings. The van der Waals surface area contributed by atoms with E-state index in [-0.39, 0.29) is 11.6 Å². The Labute approximate surface area is 141 Å². The van der Waals surface area contributed by atoms with E-state index < -0.39 is 20.4 Å². The van der Waals surface area contributed by atoms with Crippen molar-refractivity contribution in [1.29, 1.82) is 5.41 Å². The van der Waals surface area contributed by atoms with Crippen molar-refractivity contribution in [1.82, 2.24) is 5.32 Å². The van der Waals surface area contributed by atoms with Crippen molar-refractivity contribution < 1.29 is 14.6 Å². The molecular weight excluding hydrogens is 308 g/mol. The van der Waals surface area contributed by atoms with E-state index in [4.69, 9.17) is 5.41 Å². The Balaban J connectivity index is 2.51. The zero-order valence-electron chi connectivity index (χ0n) is 15.3. The summed E-state index contributed by atoms with van der Waals surface area (Å²) in [4.78, 5) is 11.6. The Morgan fingerprint density at radius 3 is 2.48 bits per heavy atom. The van der Waals surface area contributed by atoms with Crippen LogP contribution >= 0.6 is 0 Å². The van der Waals surface area contributed by atoms with E-state index in [0.717, 1.165) is 18.7 Å². The third kappa shape index (κ3) is 5.46. The minimum Gasteiger partial charge on any atom is -0.465 e. The minimum absolute atomic E-state index is 0.159. The fourth-order valence-corrected chi connectivity index (χ4v) is 4.73. The van der Waals surface area contributed by atoms with Gasteiger partial charge in [0.25, 0.3) is 0 Å². The predicted molar refractivity (Wildman–Crippen MR) is 96.8 cm³/mol. The van der Waals surface area contributed by atoms with Crippen LogP contribution in [0, 0.1) is 5.41 Å². The molecule has 1 fully saturated rings. The standard InChI is InChI=1S/C17H32N2O3Si/c1-12(14(11-18)15(20)22-5)19-13-9-17(21,10-13)7-8-23(6)16(2,3)4/h11,13,18-19,21,23H,7-10H2,1-6H3/b14-12+,18-11?/t13-,17+,23?. The summed E-state index contributed by atoms with van der Waals surface area (Å²) in [6.07, 6.45) is 3.27. The largest absolute Gasteiger partial charge is 0.465 e. The van der Waals surface area contributed by atoms with Gasteiger partial charge in [-0.2, -0.15) is 0 Å². The second-order valence-corrected chi connectivity index (χ2v) is 12.1. The maximum absolute atomic E-state index is 11.6. The molecule has 0 heterocycles. The normalized spacial score (nSPS) is 26.7. The van der Waals surface area contributed by atoms with Crippen LogP contribution in [-0.4, -0.2) is 44.8 Å². The molecular formula is C17H32N2O3Si. The molecule has 1 saturated carbocycles. The van der Waals surface area contributed by atoms with Gasteiger partial charge in [-0.15, -0.1) is 0 Å². The van der Waals surface area contributed by atoms with E-state index in [2.05, 4.69) is 37.4 Å². The lowest BCUT2D eigenvalue weighted by Gasteiger charge is -2.45. The van der Waals surface area contributed by atoms with Gasteiger partial charge in [0.15, 0.2) is 0 Å². The number of esters is 1. The minimum atomic E-state index is -0.839.